The van der Waals surface area contributed by atoms with Gasteiger partial charge >= 0.3 is 6.09 Å². The average molecular weight is 335 g/mol. The number of benzene rings is 1. The molecule has 0 aliphatic heterocycles. The Balaban J connectivity index is 0.00000264. The van der Waals surface area contributed by atoms with Gasteiger partial charge in [0.1, 0.15) is 0 Å². The molecule has 1 atom stereocenters. The van der Waals surface area contributed by atoms with Gasteiger partial charge in [0.05, 0.1) is 0 Å². The van der Waals surface area contributed by atoms with Gasteiger partial charge in [0.15, 0.2) is 0 Å². The molecule has 5 heteroatoms. The van der Waals surface area contributed by atoms with E-state index in [0.717, 1.165) is 22.5 Å². The number of rotatable bonds is 5. The smallest absolute Gasteiger partial charge is 0.407 e. The van der Waals surface area contributed by atoms with Crippen molar-refractivity contribution in [2.45, 2.75) is 33.2 Å². The van der Waals surface area contributed by atoms with Crippen molar-refractivity contribution in [2.24, 2.45) is 0 Å². The molecule has 0 bridgehead atoms. The highest BCUT2D eigenvalue weighted by molar-refractivity contribution is 5.85. The molecule has 0 aliphatic rings. The molecule has 0 saturated carbocycles. The first-order valence-corrected chi connectivity index (χ1v) is 7.42. The molecule has 23 heavy (non-hydrogen) atoms. The second-order valence-electron chi connectivity index (χ2n) is 5.73. The van der Waals surface area contributed by atoms with Crippen molar-refractivity contribution in [3.8, 4) is 0 Å². The quantitative estimate of drug-likeness (QED) is 0.881. The number of pyridine rings is 1. The molecule has 124 valence electrons. The van der Waals surface area contributed by atoms with Crippen molar-refractivity contribution in [1.82, 2.24) is 9.88 Å². The van der Waals surface area contributed by atoms with Gasteiger partial charge in [-0.25, -0.2) is 4.79 Å². The second kappa shape index (κ2) is 8.53. The van der Waals surface area contributed by atoms with Gasteiger partial charge in [-0.3, -0.25) is 4.98 Å². The first-order chi connectivity index (χ1) is 10.5. The summed E-state index contributed by atoms with van der Waals surface area (Å²) in [5.41, 5.74) is 3.95. The lowest BCUT2D eigenvalue weighted by Gasteiger charge is -2.23. The van der Waals surface area contributed by atoms with Gasteiger partial charge in [0.25, 0.3) is 0 Å². The minimum absolute atomic E-state index is 0. The van der Waals surface area contributed by atoms with Crippen molar-refractivity contribution in [1.29, 1.82) is 0 Å². The highest BCUT2D eigenvalue weighted by Crippen LogP contribution is 2.18. The maximum atomic E-state index is 11.6. The molecule has 0 fully saturated rings. The molecule has 1 aromatic heterocycles. The fourth-order valence-electron chi connectivity index (χ4n) is 2.66. The van der Waals surface area contributed by atoms with Gasteiger partial charge in [0.2, 0.25) is 0 Å². The van der Waals surface area contributed by atoms with E-state index in [1.54, 1.807) is 0 Å². The number of halogens is 1. The van der Waals surface area contributed by atoms with Crippen LogP contribution >= 0.6 is 12.4 Å². The first-order valence-electron chi connectivity index (χ1n) is 7.42. The Morgan fingerprint density at radius 1 is 1.17 bits per heavy atom. The van der Waals surface area contributed by atoms with Gasteiger partial charge in [-0.1, -0.05) is 37.3 Å². The fourth-order valence-corrected chi connectivity index (χ4v) is 2.66. The van der Waals surface area contributed by atoms with E-state index in [0.29, 0.717) is 13.1 Å². The molecular formula is C18H23ClN2O2. The van der Waals surface area contributed by atoms with E-state index in [-0.39, 0.29) is 18.3 Å². The van der Waals surface area contributed by atoms with E-state index in [2.05, 4.69) is 4.98 Å². The first kappa shape index (κ1) is 19.0. The Hall–Kier alpha value is -2.07. The van der Waals surface area contributed by atoms with Gasteiger partial charge in [-0.15, -0.1) is 12.4 Å². The zero-order valence-corrected chi connectivity index (χ0v) is 14.5. The van der Waals surface area contributed by atoms with Crippen LogP contribution in [0, 0.1) is 13.8 Å². The summed E-state index contributed by atoms with van der Waals surface area (Å²) in [4.78, 5) is 17.3. The van der Waals surface area contributed by atoms with Gasteiger partial charge in [0, 0.05) is 24.5 Å². The summed E-state index contributed by atoms with van der Waals surface area (Å²) in [6.07, 6.45) is -0.894. The topological polar surface area (TPSA) is 53.4 Å². The van der Waals surface area contributed by atoms with E-state index in [1.165, 1.54) is 4.90 Å². The van der Waals surface area contributed by atoms with Crippen molar-refractivity contribution >= 4 is 18.5 Å². The average Bonchev–Trinajstić information content (AvgIpc) is 2.46. The van der Waals surface area contributed by atoms with Gasteiger partial charge in [-0.2, -0.15) is 0 Å². The van der Waals surface area contributed by atoms with Crippen LogP contribution in [0.1, 0.15) is 35.4 Å². The molecule has 1 N–H and O–H groups in total. The SMILES string of the molecule is Cc1cc(CN(CC(C)c2ccccc2)C(=O)O)cc(C)n1.Cl. The van der Waals surface area contributed by atoms with Gasteiger partial charge in [-0.05, 0) is 43.0 Å². The fraction of sp³-hybridized carbons (Fsp3) is 0.333. The number of hydrogen-bond acceptors (Lipinski definition) is 2. The van der Waals surface area contributed by atoms with E-state index in [9.17, 15) is 9.90 Å². The standard InChI is InChI=1S/C18H22N2O2.ClH/c1-13(17-7-5-4-6-8-17)11-20(18(21)22)12-16-9-14(2)19-15(3)10-16;/h4-10,13H,11-12H2,1-3H3,(H,21,22);1H. The normalized spacial score (nSPS) is 11.4. The molecule has 4 nitrogen and oxygen atoms in total. The van der Waals surface area contributed by atoms with Crippen LogP contribution in [-0.4, -0.2) is 27.6 Å². The van der Waals surface area contributed by atoms with Gasteiger partial charge < -0.3 is 10.0 Å². The summed E-state index contributed by atoms with van der Waals surface area (Å²) < 4.78 is 0. The summed E-state index contributed by atoms with van der Waals surface area (Å²) in [6, 6.07) is 13.9. The number of aromatic nitrogens is 1. The van der Waals surface area contributed by atoms with E-state index >= 15 is 0 Å². The van der Waals surface area contributed by atoms with Crippen LogP contribution in [0.2, 0.25) is 0 Å². The van der Waals surface area contributed by atoms with E-state index in [1.807, 2.05) is 63.2 Å². The third-order valence-electron chi connectivity index (χ3n) is 3.65. The van der Waals surface area contributed by atoms with E-state index in [4.69, 9.17) is 0 Å². The minimum atomic E-state index is -0.894. The molecule has 0 spiro atoms. The van der Waals surface area contributed by atoms with Crippen LogP contribution in [0.3, 0.4) is 0 Å². The Morgan fingerprint density at radius 2 is 1.74 bits per heavy atom. The number of hydrogen-bond donors (Lipinski definition) is 1. The maximum Gasteiger partial charge on any atom is 0.407 e. The molecule has 1 heterocycles. The molecule has 1 amide bonds. The summed E-state index contributed by atoms with van der Waals surface area (Å²) in [6.45, 7) is 6.76. The minimum Gasteiger partial charge on any atom is -0.465 e. The summed E-state index contributed by atoms with van der Waals surface area (Å²) in [5.74, 6) is 0.154. The Kier molecular flexibility index (Phi) is 7.04. The molecule has 1 unspecified atom stereocenters. The number of amides is 1. The van der Waals surface area contributed by atoms with Crippen LogP contribution in [0.4, 0.5) is 4.79 Å². The highest BCUT2D eigenvalue weighted by atomic mass is 35.5. The Bertz CT molecular complexity index is 626. The van der Waals surface area contributed by atoms with Crippen molar-refractivity contribution < 1.29 is 9.90 Å². The zero-order valence-electron chi connectivity index (χ0n) is 13.7. The molecule has 0 radical (unpaired) electrons. The number of carbonyl (C=O) groups is 1. The summed E-state index contributed by atoms with van der Waals surface area (Å²) in [5, 5.41) is 9.48. The van der Waals surface area contributed by atoms with Crippen LogP contribution in [0.15, 0.2) is 42.5 Å². The largest absolute Gasteiger partial charge is 0.465 e. The lowest BCUT2D eigenvalue weighted by Crippen LogP contribution is -2.32. The zero-order chi connectivity index (χ0) is 16.1. The Morgan fingerprint density at radius 3 is 2.26 bits per heavy atom. The van der Waals surface area contributed by atoms with Crippen LogP contribution in [0.5, 0.6) is 0 Å². The number of aryl methyl sites for hydroxylation is 2. The third-order valence-corrected chi connectivity index (χ3v) is 3.65. The van der Waals surface area contributed by atoms with Crippen molar-refractivity contribution in [3.63, 3.8) is 0 Å². The Labute approximate surface area is 143 Å². The van der Waals surface area contributed by atoms with E-state index < -0.39 is 6.09 Å². The molecular weight excluding hydrogens is 312 g/mol. The van der Waals surface area contributed by atoms with Crippen molar-refractivity contribution in [3.05, 3.63) is 65.0 Å². The lowest BCUT2D eigenvalue weighted by molar-refractivity contribution is 0.139. The summed E-state index contributed by atoms with van der Waals surface area (Å²) in [7, 11) is 0. The maximum absolute atomic E-state index is 11.6. The predicted octanol–water partition coefficient (Wildman–Crippen LogP) is 4.40. The predicted molar refractivity (Wildman–Crippen MR) is 94.3 cm³/mol. The number of carboxylic acid groups (broad SMARTS) is 1. The molecule has 2 aromatic rings. The molecule has 1 aromatic carbocycles. The van der Waals surface area contributed by atoms with Crippen molar-refractivity contribution in [2.75, 3.05) is 6.54 Å². The lowest BCUT2D eigenvalue weighted by atomic mass is 10.0. The second-order valence-corrected chi connectivity index (χ2v) is 5.73. The van der Waals surface area contributed by atoms with Crippen LogP contribution in [-0.2, 0) is 6.54 Å². The molecule has 0 saturated heterocycles. The highest BCUT2D eigenvalue weighted by Gasteiger charge is 2.17. The third kappa shape index (κ3) is 5.57. The molecule has 0 aliphatic carbocycles. The van der Waals surface area contributed by atoms with Crippen LogP contribution in [0.25, 0.3) is 0 Å². The van der Waals surface area contributed by atoms with Crippen LogP contribution < -0.4 is 0 Å². The summed E-state index contributed by atoms with van der Waals surface area (Å²) >= 11 is 0. The monoisotopic (exact) mass is 334 g/mol. The molecule has 2 rings (SSSR count). The number of nitrogens with zero attached hydrogens (tertiary/aromatic N) is 2.